The van der Waals surface area contributed by atoms with Gasteiger partial charge in [-0.2, -0.15) is 0 Å². The summed E-state index contributed by atoms with van der Waals surface area (Å²) in [4.78, 5) is 23.5. The summed E-state index contributed by atoms with van der Waals surface area (Å²) in [7, 11) is 1.27. The van der Waals surface area contributed by atoms with E-state index in [4.69, 9.17) is 11.6 Å². The van der Waals surface area contributed by atoms with E-state index >= 15 is 0 Å². The summed E-state index contributed by atoms with van der Waals surface area (Å²) in [5.74, 6) is -0.856. The van der Waals surface area contributed by atoms with Gasteiger partial charge in [-0.15, -0.1) is 0 Å². The SMILES string of the molecule is COC(=O)c1cc(NC(=O)/C=C/c2ccc(C)cc2)ccc1Cl. The van der Waals surface area contributed by atoms with Crippen molar-refractivity contribution in [1.82, 2.24) is 0 Å². The number of methoxy groups -OCH3 is 1. The van der Waals surface area contributed by atoms with E-state index < -0.39 is 5.97 Å². The second kappa shape index (κ2) is 7.61. The first kappa shape index (κ1) is 16.8. The van der Waals surface area contributed by atoms with Crippen molar-refractivity contribution in [3.63, 3.8) is 0 Å². The van der Waals surface area contributed by atoms with Crippen LogP contribution in [0.3, 0.4) is 0 Å². The molecule has 0 fully saturated rings. The number of aryl methyl sites for hydroxylation is 1. The molecule has 0 unspecified atom stereocenters. The van der Waals surface area contributed by atoms with E-state index in [2.05, 4.69) is 10.1 Å². The zero-order chi connectivity index (χ0) is 16.8. The molecule has 2 rings (SSSR count). The predicted molar refractivity (Wildman–Crippen MR) is 91.6 cm³/mol. The number of hydrogen-bond donors (Lipinski definition) is 1. The van der Waals surface area contributed by atoms with Crippen LogP contribution in [-0.4, -0.2) is 19.0 Å². The van der Waals surface area contributed by atoms with Gasteiger partial charge in [0.25, 0.3) is 0 Å². The highest BCUT2D eigenvalue weighted by molar-refractivity contribution is 6.33. The maximum absolute atomic E-state index is 11.9. The molecule has 0 radical (unpaired) electrons. The highest BCUT2D eigenvalue weighted by Crippen LogP contribution is 2.21. The highest BCUT2D eigenvalue weighted by atomic mass is 35.5. The van der Waals surface area contributed by atoms with Crippen molar-refractivity contribution in [2.45, 2.75) is 6.92 Å². The Labute approximate surface area is 139 Å². The Balaban J connectivity index is 2.08. The van der Waals surface area contributed by atoms with E-state index in [1.165, 1.54) is 25.3 Å². The molecule has 4 nitrogen and oxygen atoms in total. The molecule has 5 heteroatoms. The summed E-state index contributed by atoms with van der Waals surface area (Å²) in [5, 5.41) is 2.95. The number of anilines is 1. The van der Waals surface area contributed by atoms with Crippen molar-refractivity contribution in [1.29, 1.82) is 0 Å². The monoisotopic (exact) mass is 329 g/mol. The molecule has 0 heterocycles. The fourth-order valence-electron chi connectivity index (χ4n) is 1.90. The van der Waals surface area contributed by atoms with Crippen LogP contribution < -0.4 is 5.32 Å². The number of carbonyl (C=O) groups is 2. The van der Waals surface area contributed by atoms with Gasteiger partial charge in [0.15, 0.2) is 0 Å². The van der Waals surface area contributed by atoms with Gasteiger partial charge < -0.3 is 10.1 Å². The van der Waals surface area contributed by atoms with Crippen molar-refractivity contribution in [3.05, 3.63) is 70.3 Å². The number of hydrogen-bond acceptors (Lipinski definition) is 3. The summed E-state index contributed by atoms with van der Waals surface area (Å²) in [5.41, 5.74) is 2.75. The number of esters is 1. The zero-order valence-electron chi connectivity index (χ0n) is 12.8. The van der Waals surface area contributed by atoms with Crippen LogP contribution in [0.2, 0.25) is 5.02 Å². The van der Waals surface area contributed by atoms with Gasteiger partial charge in [-0.05, 0) is 36.8 Å². The quantitative estimate of drug-likeness (QED) is 0.679. The van der Waals surface area contributed by atoms with Crippen LogP contribution in [-0.2, 0) is 9.53 Å². The molecule has 2 aromatic carbocycles. The molecule has 0 saturated carbocycles. The Kier molecular flexibility index (Phi) is 5.55. The van der Waals surface area contributed by atoms with E-state index in [1.54, 1.807) is 12.1 Å². The van der Waals surface area contributed by atoms with Gasteiger partial charge in [-0.1, -0.05) is 41.4 Å². The van der Waals surface area contributed by atoms with Crippen molar-refractivity contribution in [2.75, 3.05) is 12.4 Å². The molecule has 23 heavy (non-hydrogen) atoms. The molecule has 0 saturated heterocycles. The molecule has 0 spiro atoms. The third-order valence-electron chi connectivity index (χ3n) is 3.14. The summed E-state index contributed by atoms with van der Waals surface area (Å²) < 4.78 is 4.64. The van der Waals surface area contributed by atoms with Crippen molar-refractivity contribution in [3.8, 4) is 0 Å². The third kappa shape index (κ3) is 4.69. The van der Waals surface area contributed by atoms with Gasteiger partial charge in [0.1, 0.15) is 0 Å². The van der Waals surface area contributed by atoms with Gasteiger partial charge >= 0.3 is 5.97 Å². The Bertz CT molecular complexity index is 751. The van der Waals surface area contributed by atoms with Gasteiger partial charge in [0.05, 0.1) is 17.7 Å². The first-order chi connectivity index (χ1) is 11.0. The van der Waals surface area contributed by atoms with Crippen molar-refractivity contribution >= 4 is 35.2 Å². The van der Waals surface area contributed by atoms with Crippen LogP contribution in [0.1, 0.15) is 21.5 Å². The van der Waals surface area contributed by atoms with E-state index in [1.807, 2.05) is 31.2 Å². The maximum Gasteiger partial charge on any atom is 0.339 e. The van der Waals surface area contributed by atoms with Crippen molar-refractivity contribution in [2.24, 2.45) is 0 Å². The fraction of sp³-hybridized carbons (Fsp3) is 0.111. The van der Waals surface area contributed by atoms with Crippen LogP contribution in [0.25, 0.3) is 6.08 Å². The number of carbonyl (C=O) groups excluding carboxylic acids is 2. The minimum atomic E-state index is -0.554. The first-order valence-corrected chi connectivity index (χ1v) is 7.31. The molecule has 0 atom stereocenters. The Morgan fingerprint density at radius 3 is 2.48 bits per heavy atom. The number of rotatable bonds is 4. The lowest BCUT2D eigenvalue weighted by atomic mass is 10.1. The molecule has 0 bridgehead atoms. The first-order valence-electron chi connectivity index (χ1n) is 6.93. The van der Waals surface area contributed by atoms with Gasteiger partial charge in [-0.3, -0.25) is 4.79 Å². The van der Waals surface area contributed by atoms with Gasteiger partial charge in [-0.25, -0.2) is 4.79 Å². The normalized spacial score (nSPS) is 10.6. The molecule has 0 aliphatic carbocycles. The van der Waals surface area contributed by atoms with Crippen LogP contribution in [0.15, 0.2) is 48.5 Å². The number of benzene rings is 2. The number of halogens is 1. The molecule has 1 N–H and O–H groups in total. The highest BCUT2D eigenvalue weighted by Gasteiger charge is 2.11. The lowest BCUT2D eigenvalue weighted by Gasteiger charge is -2.06. The minimum Gasteiger partial charge on any atom is -0.465 e. The molecule has 0 aliphatic heterocycles. The van der Waals surface area contributed by atoms with E-state index in [-0.39, 0.29) is 16.5 Å². The van der Waals surface area contributed by atoms with E-state index in [0.29, 0.717) is 5.69 Å². The maximum atomic E-state index is 11.9. The molecule has 118 valence electrons. The van der Waals surface area contributed by atoms with Gasteiger partial charge in [0.2, 0.25) is 5.91 Å². The second-order valence-electron chi connectivity index (χ2n) is 4.92. The van der Waals surface area contributed by atoms with Crippen LogP contribution >= 0.6 is 11.6 Å². The molecular formula is C18H16ClNO3. The van der Waals surface area contributed by atoms with Crippen LogP contribution in [0, 0.1) is 6.92 Å². The lowest BCUT2D eigenvalue weighted by Crippen LogP contribution is -2.09. The third-order valence-corrected chi connectivity index (χ3v) is 3.47. The molecule has 1 amide bonds. The van der Waals surface area contributed by atoms with E-state index in [0.717, 1.165) is 11.1 Å². The smallest absolute Gasteiger partial charge is 0.339 e. The number of nitrogens with one attached hydrogen (secondary N) is 1. The van der Waals surface area contributed by atoms with E-state index in [9.17, 15) is 9.59 Å². The molecule has 0 aliphatic rings. The topological polar surface area (TPSA) is 55.4 Å². The molecular weight excluding hydrogens is 314 g/mol. The van der Waals surface area contributed by atoms with Crippen LogP contribution in [0.5, 0.6) is 0 Å². The average Bonchev–Trinajstić information content (AvgIpc) is 2.55. The average molecular weight is 330 g/mol. The van der Waals surface area contributed by atoms with Gasteiger partial charge in [0, 0.05) is 11.8 Å². The van der Waals surface area contributed by atoms with Crippen molar-refractivity contribution < 1.29 is 14.3 Å². The predicted octanol–water partition coefficient (Wildman–Crippen LogP) is 4.09. The summed E-state index contributed by atoms with van der Waals surface area (Å²) >= 11 is 5.93. The summed E-state index contributed by atoms with van der Waals surface area (Å²) in [6, 6.07) is 12.4. The number of ether oxygens (including phenoxy) is 1. The lowest BCUT2D eigenvalue weighted by molar-refractivity contribution is -0.111. The van der Waals surface area contributed by atoms with Crippen LogP contribution in [0.4, 0.5) is 5.69 Å². The molecule has 2 aromatic rings. The second-order valence-corrected chi connectivity index (χ2v) is 5.33. The fourth-order valence-corrected chi connectivity index (χ4v) is 2.10. The Hall–Kier alpha value is -2.59. The zero-order valence-corrected chi connectivity index (χ0v) is 13.6. The summed E-state index contributed by atoms with van der Waals surface area (Å²) in [6.45, 7) is 2.00. The summed E-state index contributed by atoms with van der Waals surface area (Å²) in [6.07, 6.45) is 3.14. The standard InChI is InChI=1S/C18H16ClNO3/c1-12-3-5-13(6-4-12)7-10-17(21)20-14-8-9-16(19)15(11-14)18(22)23-2/h3-11H,1-2H3,(H,20,21)/b10-7+. The largest absolute Gasteiger partial charge is 0.465 e. The molecule has 0 aromatic heterocycles. The minimum absolute atomic E-state index is 0.203. The Morgan fingerprint density at radius 1 is 1.13 bits per heavy atom. The number of amides is 1. The Morgan fingerprint density at radius 2 is 1.83 bits per heavy atom.